The van der Waals surface area contributed by atoms with E-state index in [1.54, 1.807) is 0 Å². The van der Waals surface area contributed by atoms with Gasteiger partial charge in [0.1, 0.15) is 11.4 Å². The van der Waals surface area contributed by atoms with Crippen molar-refractivity contribution in [3.05, 3.63) is 48.4 Å². The van der Waals surface area contributed by atoms with Gasteiger partial charge in [-0.05, 0) is 31.4 Å². The van der Waals surface area contributed by atoms with Crippen LogP contribution in [0.15, 0.2) is 42.7 Å². The summed E-state index contributed by atoms with van der Waals surface area (Å²) in [6, 6.07) is 10.2. The van der Waals surface area contributed by atoms with E-state index in [4.69, 9.17) is 4.74 Å². The number of aromatic nitrogens is 2. The third-order valence-electron chi connectivity index (χ3n) is 5.22. The molecule has 2 heterocycles. The summed E-state index contributed by atoms with van der Waals surface area (Å²) in [5, 5.41) is 0. The smallest absolute Gasteiger partial charge is 0.274 e. The van der Waals surface area contributed by atoms with Crippen LogP contribution in [0, 0.1) is 0 Å². The zero-order chi connectivity index (χ0) is 17.8. The highest BCUT2D eigenvalue weighted by Crippen LogP contribution is 2.25. The highest BCUT2D eigenvalue weighted by molar-refractivity contribution is 5.92. The number of carbonyl (C=O) groups excluding carboxylic acids is 1. The lowest BCUT2D eigenvalue weighted by Crippen LogP contribution is -2.42. The van der Waals surface area contributed by atoms with E-state index in [1.165, 1.54) is 31.7 Å². The zero-order valence-electron chi connectivity index (χ0n) is 14.9. The third-order valence-corrected chi connectivity index (χ3v) is 5.22. The highest BCUT2D eigenvalue weighted by atomic mass is 16.5. The van der Waals surface area contributed by atoms with Crippen molar-refractivity contribution < 1.29 is 9.53 Å². The molecule has 6 nitrogen and oxygen atoms in total. The lowest BCUT2D eigenvalue weighted by Gasteiger charge is -2.36. The van der Waals surface area contributed by atoms with E-state index >= 15 is 0 Å². The normalized spacial score (nSPS) is 18.8. The van der Waals surface area contributed by atoms with E-state index in [9.17, 15) is 4.79 Å². The Kier molecular flexibility index (Phi) is 5.11. The molecule has 0 bridgehead atoms. The first kappa shape index (κ1) is 17.0. The maximum absolute atomic E-state index is 12.7. The first-order valence-electron chi connectivity index (χ1n) is 9.38. The van der Waals surface area contributed by atoms with Crippen LogP contribution in [0.25, 0.3) is 0 Å². The fraction of sp³-hybridized carbons (Fsp3) is 0.450. The lowest BCUT2D eigenvalue weighted by atomic mass is 9.91. The van der Waals surface area contributed by atoms with Crippen molar-refractivity contribution in [1.82, 2.24) is 19.8 Å². The van der Waals surface area contributed by atoms with Crippen molar-refractivity contribution in [2.45, 2.75) is 31.7 Å². The summed E-state index contributed by atoms with van der Waals surface area (Å²) in [4.78, 5) is 25.7. The van der Waals surface area contributed by atoms with E-state index in [0.29, 0.717) is 17.3 Å². The molecule has 0 spiro atoms. The van der Waals surface area contributed by atoms with Crippen LogP contribution in [0.4, 0.5) is 0 Å². The molecule has 2 aromatic rings. The summed E-state index contributed by atoms with van der Waals surface area (Å²) >= 11 is 0. The number of nitrogens with zero attached hydrogens (tertiary/aromatic N) is 4. The average molecular weight is 352 g/mol. The monoisotopic (exact) mass is 352 g/mol. The topological polar surface area (TPSA) is 58.6 Å². The number of hydrogen-bond acceptors (Lipinski definition) is 5. The lowest BCUT2D eigenvalue weighted by molar-refractivity contribution is 0.0743. The third kappa shape index (κ3) is 3.85. The molecule has 136 valence electrons. The van der Waals surface area contributed by atoms with Gasteiger partial charge in [0.05, 0.1) is 12.4 Å². The number of para-hydroxylation sites is 1. The van der Waals surface area contributed by atoms with Gasteiger partial charge in [0, 0.05) is 32.2 Å². The molecule has 0 radical (unpaired) electrons. The standard InChI is InChI=1S/C20H24N4O2/c25-20(24-11-5-10-23(12-13-24)16-6-4-7-16)18-14-22-19(15-21-18)26-17-8-2-1-3-9-17/h1-3,8-9,14-16H,4-7,10-13H2. The van der Waals surface area contributed by atoms with Crippen molar-refractivity contribution in [2.75, 3.05) is 26.2 Å². The molecule has 0 unspecified atom stereocenters. The second-order valence-corrected chi connectivity index (χ2v) is 6.92. The molecule has 1 aliphatic heterocycles. The van der Waals surface area contributed by atoms with Gasteiger partial charge in [-0.2, -0.15) is 0 Å². The molecule has 1 saturated carbocycles. The Morgan fingerprint density at radius 3 is 2.50 bits per heavy atom. The molecule has 1 amide bonds. The number of benzene rings is 1. The van der Waals surface area contributed by atoms with Gasteiger partial charge in [0.2, 0.25) is 5.88 Å². The Labute approximate surface area is 153 Å². The molecule has 4 rings (SSSR count). The van der Waals surface area contributed by atoms with Gasteiger partial charge in [0.25, 0.3) is 5.91 Å². The number of carbonyl (C=O) groups is 1. The summed E-state index contributed by atoms with van der Waals surface area (Å²) in [5.41, 5.74) is 0.377. The van der Waals surface area contributed by atoms with Crippen molar-refractivity contribution in [2.24, 2.45) is 0 Å². The molecule has 26 heavy (non-hydrogen) atoms. The van der Waals surface area contributed by atoms with Gasteiger partial charge < -0.3 is 9.64 Å². The first-order valence-corrected chi connectivity index (χ1v) is 9.38. The van der Waals surface area contributed by atoms with Gasteiger partial charge in [-0.15, -0.1) is 0 Å². The summed E-state index contributed by atoms with van der Waals surface area (Å²) in [5.74, 6) is 1.04. The van der Waals surface area contributed by atoms with Crippen LogP contribution in [0.2, 0.25) is 0 Å². The second kappa shape index (κ2) is 7.83. The van der Waals surface area contributed by atoms with Gasteiger partial charge in [-0.1, -0.05) is 24.6 Å². The Bertz CT molecular complexity index is 731. The van der Waals surface area contributed by atoms with E-state index < -0.39 is 0 Å². The summed E-state index contributed by atoms with van der Waals surface area (Å²) in [7, 11) is 0. The molecule has 1 saturated heterocycles. The van der Waals surface area contributed by atoms with Crippen molar-refractivity contribution in [3.63, 3.8) is 0 Å². The molecular weight excluding hydrogens is 328 g/mol. The van der Waals surface area contributed by atoms with Crippen molar-refractivity contribution in [3.8, 4) is 11.6 Å². The van der Waals surface area contributed by atoms with Crippen LogP contribution in [0.1, 0.15) is 36.2 Å². The fourth-order valence-corrected chi connectivity index (χ4v) is 3.51. The fourth-order valence-electron chi connectivity index (χ4n) is 3.51. The Morgan fingerprint density at radius 1 is 0.962 bits per heavy atom. The minimum absolute atomic E-state index is 0.0424. The van der Waals surface area contributed by atoms with E-state index in [2.05, 4.69) is 14.9 Å². The van der Waals surface area contributed by atoms with E-state index in [1.807, 2.05) is 35.2 Å². The van der Waals surface area contributed by atoms with Gasteiger partial charge in [-0.25, -0.2) is 9.97 Å². The molecule has 1 aliphatic carbocycles. The highest BCUT2D eigenvalue weighted by Gasteiger charge is 2.28. The predicted molar refractivity (Wildman–Crippen MR) is 98.3 cm³/mol. The average Bonchev–Trinajstić information content (AvgIpc) is 2.87. The molecule has 0 N–H and O–H groups in total. The zero-order valence-corrected chi connectivity index (χ0v) is 14.9. The molecule has 0 atom stereocenters. The van der Waals surface area contributed by atoms with Gasteiger partial charge in [0.15, 0.2) is 0 Å². The van der Waals surface area contributed by atoms with Gasteiger partial charge >= 0.3 is 0 Å². The first-order chi connectivity index (χ1) is 12.8. The minimum Gasteiger partial charge on any atom is -0.438 e. The van der Waals surface area contributed by atoms with Crippen LogP contribution in [-0.2, 0) is 0 Å². The number of hydrogen-bond donors (Lipinski definition) is 0. The molecule has 1 aromatic carbocycles. The molecule has 2 fully saturated rings. The molecule has 6 heteroatoms. The van der Waals surface area contributed by atoms with Crippen LogP contribution >= 0.6 is 0 Å². The number of rotatable bonds is 4. The Balaban J connectivity index is 1.36. The number of ether oxygens (including phenoxy) is 1. The van der Waals surface area contributed by atoms with Gasteiger partial charge in [-0.3, -0.25) is 9.69 Å². The Morgan fingerprint density at radius 2 is 1.81 bits per heavy atom. The molecule has 1 aromatic heterocycles. The summed E-state index contributed by atoms with van der Waals surface area (Å²) < 4.78 is 5.63. The maximum Gasteiger partial charge on any atom is 0.274 e. The van der Waals surface area contributed by atoms with Crippen molar-refractivity contribution in [1.29, 1.82) is 0 Å². The molecular formula is C20H24N4O2. The number of amides is 1. The van der Waals surface area contributed by atoms with Crippen LogP contribution < -0.4 is 4.74 Å². The summed E-state index contributed by atoms with van der Waals surface area (Å²) in [6.45, 7) is 3.59. The van der Waals surface area contributed by atoms with E-state index in [0.717, 1.165) is 38.6 Å². The molecule has 2 aliphatic rings. The quantitative estimate of drug-likeness (QED) is 0.847. The predicted octanol–water partition coefficient (Wildman–Crippen LogP) is 2.97. The van der Waals surface area contributed by atoms with E-state index in [-0.39, 0.29) is 5.91 Å². The van der Waals surface area contributed by atoms with Crippen LogP contribution in [-0.4, -0.2) is 57.9 Å². The summed E-state index contributed by atoms with van der Waals surface area (Å²) in [6.07, 6.45) is 8.00. The van der Waals surface area contributed by atoms with Crippen LogP contribution in [0.5, 0.6) is 11.6 Å². The van der Waals surface area contributed by atoms with Crippen molar-refractivity contribution >= 4 is 5.91 Å². The minimum atomic E-state index is -0.0424. The Hall–Kier alpha value is -2.47. The SMILES string of the molecule is O=C(c1cnc(Oc2ccccc2)cn1)N1CCCN(C2CCC2)CC1. The largest absolute Gasteiger partial charge is 0.438 e. The maximum atomic E-state index is 12.7. The second-order valence-electron chi connectivity index (χ2n) is 6.92. The van der Waals surface area contributed by atoms with Crippen LogP contribution in [0.3, 0.4) is 0 Å².